The van der Waals surface area contributed by atoms with Gasteiger partial charge in [0, 0.05) is 12.4 Å². The topological polar surface area (TPSA) is 59.4 Å². The maximum Gasteiger partial charge on any atom is 0.344 e. The number of carbonyl (C=O) groups is 1. The van der Waals surface area contributed by atoms with Crippen molar-refractivity contribution in [2.45, 2.75) is 19.4 Å². The van der Waals surface area contributed by atoms with Gasteiger partial charge < -0.3 is 9.84 Å². The minimum atomic E-state index is -0.973. The summed E-state index contributed by atoms with van der Waals surface area (Å²) < 4.78 is 5.27. The van der Waals surface area contributed by atoms with E-state index in [4.69, 9.17) is 9.84 Å². The number of ether oxygens (including phenoxy) is 1. The summed E-state index contributed by atoms with van der Waals surface area (Å²) in [5, 5.41) is 8.76. The SMILES string of the molecule is CC(Oc1ccc(Cc2cccnc2)cc1)C(=O)O. The molecule has 0 aliphatic carbocycles. The first-order chi connectivity index (χ1) is 9.15. The van der Waals surface area contributed by atoms with Gasteiger partial charge in [-0.3, -0.25) is 4.98 Å². The molecule has 1 N–H and O–H groups in total. The fraction of sp³-hybridized carbons (Fsp3) is 0.200. The molecule has 0 fully saturated rings. The zero-order valence-electron chi connectivity index (χ0n) is 10.6. The van der Waals surface area contributed by atoms with E-state index in [9.17, 15) is 4.79 Å². The van der Waals surface area contributed by atoms with Crippen molar-refractivity contribution in [2.24, 2.45) is 0 Å². The number of pyridine rings is 1. The first kappa shape index (κ1) is 13.1. The van der Waals surface area contributed by atoms with Crippen LogP contribution in [0, 0.1) is 0 Å². The van der Waals surface area contributed by atoms with Crippen LogP contribution in [0.4, 0.5) is 0 Å². The largest absolute Gasteiger partial charge is 0.479 e. The summed E-state index contributed by atoms with van der Waals surface area (Å²) in [5.41, 5.74) is 2.26. The van der Waals surface area contributed by atoms with Gasteiger partial charge in [-0.2, -0.15) is 0 Å². The molecule has 0 saturated heterocycles. The van der Waals surface area contributed by atoms with Crippen LogP contribution >= 0.6 is 0 Å². The molecular formula is C15H15NO3. The van der Waals surface area contributed by atoms with Gasteiger partial charge in [0.1, 0.15) is 5.75 Å². The molecule has 98 valence electrons. The molecular weight excluding hydrogens is 242 g/mol. The summed E-state index contributed by atoms with van der Waals surface area (Å²) in [7, 11) is 0. The molecule has 0 amide bonds. The second-order valence-electron chi connectivity index (χ2n) is 4.28. The van der Waals surface area contributed by atoms with E-state index in [0.29, 0.717) is 5.75 Å². The van der Waals surface area contributed by atoms with Crippen molar-refractivity contribution in [3.8, 4) is 5.75 Å². The number of benzene rings is 1. The number of aromatic nitrogens is 1. The van der Waals surface area contributed by atoms with E-state index in [-0.39, 0.29) is 0 Å². The molecule has 0 saturated carbocycles. The third-order valence-corrected chi connectivity index (χ3v) is 2.72. The average molecular weight is 257 g/mol. The van der Waals surface area contributed by atoms with Gasteiger partial charge in [-0.15, -0.1) is 0 Å². The van der Waals surface area contributed by atoms with E-state index in [1.165, 1.54) is 6.92 Å². The van der Waals surface area contributed by atoms with Crippen molar-refractivity contribution in [1.29, 1.82) is 0 Å². The highest BCUT2D eigenvalue weighted by Gasteiger charge is 2.11. The van der Waals surface area contributed by atoms with Crippen molar-refractivity contribution in [3.05, 3.63) is 59.9 Å². The maximum absolute atomic E-state index is 10.7. The molecule has 2 aromatic rings. The molecule has 0 radical (unpaired) electrons. The predicted molar refractivity (Wildman–Crippen MR) is 71.2 cm³/mol. The van der Waals surface area contributed by atoms with Gasteiger partial charge in [-0.1, -0.05) is 18.2 Å². The van der Waals surface area contributed by atoms with Gasteiger partial charge in [0.05, 0.1) is 0 Å². The molecule has 1 unspecified atom stereocenters. The first-order valence-corrected chi connectivity index (χ1v) is 6.02. The van der Waals surface area contributed by atoms with Crippen molar-refractivity contribution >= 4 is 5.97 Å². The smallest absolute Gasteiger partial charge is 0.344 e. The number of rotatable bonds is 5. The lowest BCUT2D eigenvalue weighted by Gasteiger charge is -2.10. The van der Waals surface area contributed by atoms with Crippen LogP contribution in [0.3, 0.4) is 0 Å². The Bertz CT molecular complexity index is 537. The second-order valence-corrected chi connectivity index (χ2v) is 4.28. The Morgan fingerprint density at radius 2 is 2.00 bits per heavy atom. The molecule has 4 heteroatoms. The lowest BCUT2D eigenvalue weighted by molar-refractivity contribution is -0.144. The minimum absolute atomic E-state index is 0.560. The Morgan fingerprint density at radius 1 is 1.26 bits per heavy atom. The molecule has 0 spiro atoms. The average Bonchev–Trinajstić information content (AvgIpc) is 2.42. The lowest BCUT2D eigenvalue weighted by Crippen LogP contribution is -2.22. The van der Waals surface area contributed by atoms with E-state index in [1.54, 1.807) is 18.3 Å². The van der Waals surface area contributed by atoms with E-state index >= 15 is 0 Å². The fourth-order valence-electron chi connectivity index (χ4n) is 1.68. The van der Waals surface area contributed by atoms with Crippen molar-refractivity contribution in [3.63, 3.8) is 0 Å². The van der Waals surface area contributed by atoms with Crippen LogP contribution in [0.15, 0.2) is 48.8 Å². The Morgan fingerprint density at radius 3 is 2.58 bits per heavy atom. The molecule has 4 nitrogen and oxygen atoms in total. The number of hydrogen-bond acceptors (Lipinski definition) is 3. The summed E-state index contributed by atoms with van der Waals surface area (Å²) >= 11 is 0. The van der Waals surface area contributed by atoms with Crippen LogP contribution in [0.25, 0.3) is 0 Å². The molecule has 1 atom stereocenters. The molecule has 19 heavy (non-hydrogen) atoms. The fourth-order valence-corrected chi connectivity index (χ4v) is 1.68. The quantitative estimate of drug-likeness (QED) is 0.894. The summed E-state index contributed by atoms with van der Waals surface area (Å²) in [6.07, 6.45) is 3.52. The molecule has 1 aromatic carbocycles. The van der Waals surface area contributed by atoms with Gasteiger partial charge in [-0.05, 0) is 42.7 Å². The van der Waals surface area contributed by atoms with Crippen molar-refractivity contribution in [1.82, 2.24) is 4.98 Å². The highest BCUT2D eigenvalue weighted by molar-refractivity contribution is 5.72. The summed E-state index contributed by atoms with van der Waals surface area (Å²) in [6, 6.07) is 11.3. The number of carboxylic acids is 1. The summed E-state index contributed by atoms with van der Waals surface area (Å²) in [5.74, 6) is -0.413. The van der Waals surface area contributed by atoms with Gasteiger partial charge in [0.2, 0.25) is 0 Å². The standard InChI is InChI=1S/C15H15NO3/c1-11(15(17)18)19-14-6-4-12(5-7-14)9-13-3-2-8-16-10-13/h2-8,10-11H,9H2,1H3,(H,17,18). The normalized spacial score (nSPS) is 11.8. The zero-order valence-corrected chi connectivity index (χ0v) is 10.6. The van der Waals surface area contributed by atoms with E-state index in [2.05, 4.69) is 4.98 Å². The number of aliphatic carboxylic acids is 1. The van der Waals surface area contributed by atoms with Crippen LogP contribution in [0.5, 0.6) is 5.75 Å². The third kappa shape index (κ3) is 3.81. The lowest BCUT2D eigenvalue weighted by atomic mass is 10.1. The highest BCUT2D eigenvalue weighted by Crippen LogP contribution is 2.16. The van der Waals surface area contributed by atoms with Gasteiger partial charge in [0.15, 0.2) is 6.10 Å². The van der Waals surface area contributed by atoms with Crippen LogP contribution in [-0.4, -0.2) is 22.2 Å². The number of hydrogen-bond donors (Lipinski definition) is 1. The second kappa shape index (κ2) is 6.00. The van der Waals surface area contributed by atoms with Crippen molar-refractivity contribution < 1.29 is 14.6 Å². The molecule has 0 bridgehead atoms. The third-order valence-electron chi connectivity index (χ3n) is 2.72. The summed E-state index contributed by atoms with van der Waals surface area (Å²) in [6.45, 7) is 1.51. The maximum atomic E-state index is 10.7. The van der Waals surface area contributed by atoms with Gasteiger partial charge >= 0.3 is 5.97 Å². The van der Waals surface area contributed by atoms with Crippen LogP contribution < -0.4 is 4.74 Å². The van der Waals surface area contributed by atoms with E-state index in [0.717, 1.165) is 17.5 Å². The minimum Gasteiger partial charge on any atom is -0.479 e. The Balaban J connectivity index is 2.01. The summed E-state index contributed by atoms with van der Waals surface area (Å²) in [4.78, 5) is 14.7. The molecule has 0 aliphatic heterocycles. The van der Waals surface area contributed by atoms with Gasteiger partial charge in [0.25, 0.3) is 0 Å². The van der Waals surface area contributed by atoms with Crippen LogP contribution in [0.2, 0.25) is 0 Å². The van der Waals surface area contributed by atoms with E-state index < -0.39 is 12.1 Å². The van der Waals surface area contributed by atoms with Crippen molar-refractivity contribution in [2.75, 3.05) is 0 Å². The zero-order chi connectivity index (χ0) is 13.7. The first-order valence-electron chi connectivity index (χ1n) is 6.02. The van der Waals surface area contributed by atoms with E-state index in [1.807, 2.05) is 30.5 Å². The molecule has 0 aliphatic rings. The van der Waals surface area contributed by atoms with Crippen LogP contribution in [0.1, 0.15) is 18.1 Å². The number of carboxylic acid groups (broad SMARTS) is 1. The molecule has 1 heterocycles. The Labute approximate surface area is 111 Å². The molecule has 2 rings (SSSR count). The monoisotopic (exact) mass is 257 g/mol. The predicted octanol–water partition coefficient (Wildman–Crippen LogP) is 2.52. The molecule has 1 aromatic heterocycles. The van der Waals surface area contributed by atoms with Gasteiger partial charge in [-0.25, -0.2) is 4.79 Å². The highest BCUT2D eigenvalue weighted by atomic mass is 16.5. The Kier molecular flexibility index (Phi) is 4.13. The van der Waals surface area contributed by atoms with Crippen LogP contribution in [-0.2, 0) is 11.2 Å². The Hall–Kier alpha value is -2.36. The number of nitrogens with zero attached hydrogens (tertiary/aromatic N) is 1.